The molecule has 0 saturated heterocycles. The van der Waals surface area contributed by atoms with Crippen molar-refractivity contribution < 1.29 is 38.4 Å². The lowest BCUT2D eigenvalue weighted by Gasteiger charge is -2.45. The molecule has 304 valence electrons. The zero-order chi connectivity index (χ0) is 41.5. The maximum Gasteiger partial charge on any atom is 0.261 e. The first kappa shape index (κ1) is 37.1. The summed E-state index contributed by atoms with van der Waals surface area (Å²) in [4.78, 5) is 119. The number of imide groups is 3. The van der Waals surface area contributed by atoms with E-state index in [0.717, 1.165) is 41.9 Å². The third-order valence-electron chi connectivity index (χ3n) is 14.9. The van der Waals surface area contributed by atoms with Crippen LogP contribution in [0.25, 0.3) is 21.5 Å². The molecule has 11 rings (SSSR count). The summed E-state index contributed by atoms with van der Waals surface area (Å²) in [6.07, 6.45) is 8.21. The Morgan fingerprint density at radius 3 is 1.00 bits per heavy atom. The number of Topliss-reactive ketones (excluding diaryl/α,β-unsaturated/α-hetero) is 2. The van der Waals surface area contributed by atoms with E-state index in [-0.39, 0.29) is 79.1 Å². The van der Waals surface area contributed by atoms with E-state index >= 15 is 0 Å². The molecule has 3 heterocycles. The van der Waals surface area contributed by atoms with E-state index in [0.29, 0.717) is 61.5 Å². The third-order valence-corrected chi connectivity index (χ3v) is 14.9. The zero-order valence-corrected chi connectivity index (χ0v) is 32.9. The molecule has 6 atom stereocenters. The lowest BCUT2D eigenvalue weighted by atomic mass is 9.67. The summed E-state index contributed by atoms with van der Waals surface area (Å²) >= 11 is 0. The fourth-order valence-electron chi connectivity index (χ4n) is 12.0. The van der Waals surface area contributed by atoms with Crippen LogP contribution in [0.1, 0.15) is 160 Å². The average Bonchev–Trinajstić information content (AvgIpc) is 3.25. The molecule has 3 unspecified atom stereocenters. The predicted molar refractivity (Wildman–Crippen MR) is 218 cm³/mol. The number of hydrogen-bond donors (Lipinski definition) is 2. The van der Waals surface area contributed by atoms with Crippen molar-refractivity contribution >= 4 is 68.6 Å². The summed E-state index contributed by atoms with van der Waals surface area (Å²) < 4.78 is 0. The minimum atomic E-state index is -0.922. The molecule has 3 fully saturated rings. The highest BCUT2D eigenvalue weighted by molar-refractivity contribution is 6.36. The molecular formula is C47H43N5O8. The maximum atomic E-state index is 14.7. The molecular weight excluding hydrogens is 763 g/mol. The lowest BCUT2D eigenvalue weighted by Crippen LogP contribution is -2.61. The van der Waals surface area contributed by atoms with Gasteiger partial charge in [0.15, 0.2) is 11.6 Å². The summed E-state index contributed by atoms with van der Waals surface area (Å²) in [5.74, 6) is -5.42. The Morgan fingerprint density at radius 2 is 0.633 bits per heavy atom. The van der Waals surface area contributed by atoms with Gasteiger partial charge in [-0.25, -0.2) is 0 Å². The van der Waals surface area contributed by atoms with Crippen LogP contribution in [-0.4, -0.2) is 91.9 Å². The summed E-state index contributed by atoms with van der Waals surface area (Å²) in [6.45, 7) is 0. The number of carbonyl (C=O) groups excluding carboxylic acids is 8. The summed E-state index contributed by atoms with van der Waals surface area (Å²) in [5, 5.41) is 1.09. The molecule has 3 aliphatic heterocycles. The molecule has 4 aromatic carbocycles. The normalized spacial score (nSPS) is 28.1. The second-order valence-electron chi connectivity index (χ2n) is 17.8. The zero-order valence-electron chi connectivity index (χ0n) is 32.9. The van der Waals surface area contributed by atoms with Crippen molar-refractivity contribution in [1.82, 2.24) is 14.7 Å². The largest absolute Gasteiger partial charge is 0.327 e. The average molecular weight is 806 g/mol. The fraction of sp³-hybridized carbons (Fsp3) is 0.404. The highest BCUT2D eigenvalue weighted by atomic mass is 16.2. The standard InChI is InChI=1S/C47H43N5O8/c48-30-8-2-1-7-21(30)39-40(53)22-13-15-24-36-25(16-14-23(35(22)36)41(39)54)45(58)51(44(24)57)33-11-5-6-12-34(33)52-46(59)28-19-17-26-37-27(18-20-29(38(28)37)47(52)60)43(56)50(42(26)55)32-10-4-3-9-31(32)49/h13-21,30-34,39H,1-12,48-49H2/t21?,30-,31?,32-,33-,34?/m0/s1. The van der Waals surface area contributed by atoms with Gasteiger partial charge in [0.1, 0.15) is 0 Å². The SMILES string of the molecule is NC1CCCC[C@@H]1N1C(=O)c2ccc3c4c(ccc(c24)C1=O)C(=O)N(C1CCCC[C@@H]1N1C(=O)c2ccc4c5c(ccc(c25)C1=O)C(=O)C(C1CCCC[C@@H]1N)C4=O)C3=O. The number of amides is 6. The Labute approximate surface area is 344 Å². The highest BCUT2D eigenvalue weighted by Gasteiger charge is 2.51. The van der Waals surface area contributed by atoms with Gasteiger partial charge in [0, 0.05) is 78.1 Å². The topological polar surface area (TPSA) is 198 Å². The van der Waals surface area contributed by atoms with Gasteiger partial charge in [0.2, 0.25) is 0 Å². The quantitative estimate of drug-likeness (QED) is 0.194. The summed E-state index contributed by atoms with van der Waals surface area (Å²) in [7, 11) is 0. The number of nitrogens with zero attached hydrogens (tertiary/aromatic N) is 3. The van der Waals surface area contributed by atoms with Crippen molar-refractivity contribution in [3.63, 3.8) is 0 Å². The van der Waals surface area contributed by atoms with Crippen LogP contribution in [0.3, 0.4) is 0 Å². The van der Waals surface area contributed by atoms with E-state index in [1.807, 2.05) is 0 Å². The maximum absolute atomic E-state index is 14.7. The van der Waals surface area contributed by atoms with Gasteiger partial charge in [-0.05, 0) is 93.0 Å². The monoisotopic (exact) mass is 805 g/mol. The summed E-state index contributed by atoms with van der Waals surface area (Å²) in [5.41, 5.74) is 14.6. The van der Waals surface area contributed by atoms with E-state index in [2.05, 4.69) is 0 Å². The molecule has 4 aliphatic carbocycles. The number of hydrogen-bond acceptors (Lipinski definition) is 10. The smallest absolute Gasteiger partial charge is 0.261 e. The van der Waals surface area contributed by atoms with E-state index < -0.39 is 59.5 Å². The van der Waals surface area contributed by atoms with Crippen molar-refractivity contribution in [3.05, 3.63) is 93.0 Å². The fourth-order valence-corrected chi connectivity index (χ4v) is 12.0. The van der Waals surface area contributed by atoms with E-state index in [1.165, 1.54) is 17.0 Å². The molecule has 3 saturated carbocycles. The molecule has 0 bridgehead atoms. The van der Waals surface area contributed by atoms with Gasteiger partial charge < -0.3 is 11.5 Å². The number of benzene rings is 4. The molecule has 13 nitrogen and oxygen atoms in total. The van der Waals surface area contributed by atoms with Crippen LogP contribution in [0.4, 0.5) is 0 Å². The molecule has 60 heavy (non-hydrogen) atoms. The van der Waals surface area contributed by atoms with Crippen molar-refractivity contribution in [3.8, 4) is 0 Å². The Hall–Kier alpha value is -5.92. The predicted octanol–water partition coefficient (Wildman–Crippen LogP) is 5.58. The first-order valence-electron chi connectivity index (χ1n) is 21.4. The summed E-state index contributed by atoms with van der Waals surface area (Å²) in [6, 6.07) is 9.54. The second kappa shape index (κ2) is 13.3. The Balaban J connectivity index is 0.949. The van der Waals surface area contributed by atoms with Gasteiger partial charge >= 0.3 is 0 Å². The number of nitrogens with two attached hydrogens (primary N) is 2. The molecule has 6 amide bonds. The van der Waals surface area contributed by atoms with Crippen LogP contribution >= 0.6 is 0 Å². The lowest BCUT2D eigenvalue weighted by molar-refractivity contribution is 0.0241. The van der Waals surface area contributed by atoms with Crippen molar-refractivity contribution in [2.75, 3.05) is 0 Å². The van der Waals surface area contributed by atoms with Crippen LogP contribution in [0.5, 0.6) is 0 Å². The molecule has 7 aliphatic rings. The first-order chi connectivity index (χ1) is 29.0. The second-order valence-corrected chi connectivity index (χ2v) is 17.8. The van der Waals surface area contributed by atoms with E-state index in [1.54, 1.807) is 36.4 Å². The van der Waals surface area contributed by atoms with Gasteiger partial charge in [-0.2, -0.15) is 0 Å². The first-order valence-corrected chi connectivity index (χ1v) is 21.4. The van der Waals surface area contributed by atoms with E-state index in [9.17, 15) is 38.4 Å². The Kier molecular flexibility index (Phi) is 8.22. The van der Waals surface area contributed by atoms with Crippen LogP contribution < -0.4 is 11.5 Å². The molecule has 13 heteroatoms. The number of carbonyl (C=O) groups is 8. The van der Waals surface area contributed by atoms with Gasteiger partial charge in [0.25, 0.3) is 35.4 Å². The minimum Gasteiger partial charge on any atom is -0.327 e. The van der Waals surface area contributed by atoms with Crippen molar-refractivity contribution in [2.45, 2.75) is 107 Å². The molecule has 0 spiro atoms. The van der Waals surface area contributed by atoms with Crippen molar-refractivity contribution in [1.29, 1.82) is 0 Å². The number of rotatable bonds is 4. The molecule has 0 aromatic heterocycles. The minimum absolute atomic E-state index is 0.153. The highest BCUT2D eigenvalue weighted by Crippen LogP contribution is 2.46. The van der Waals surface area contributed by atoms with Crippen LogP contribution in [0.2, 0.25) is 0 Å². The molecule has 0 radical (unpaired) electrons. The van der Waals surface area contributed by atoms with Crippen molar-refractivity contribution in [2.24, 2.45) is 23.3 Å². The Bertz CT molecular complexity index is 2410. The van der Waals surface area contributed by atoms with Gasteiger partial charge in [-0.1, -0.05) is 38.5 Å². The number of ketones is 2. The van der Waals surface area contributed by atoms with Gasteiger partial charge in [0.05, 0.1) is 24.0 Å². The van der Waals surface area contributed by atoms with Crippen LogP contribution in [-0.2, 0) is 0 Å². The van der Waals surface area contributed by atoms with E-state index in [4.69, 9.17) is 11.5 Å². The van der Waals surface area contributed by atoms with Gasteiger partial charge in [-0.15, -0.1) is 0 Å². The molecule has 4 aromatic rings. The Morgan fingerprint density at radius 1 is 0.350 bits per heavy atom. The van der Waals surface area contributed by atoms with Crippen LogP contribution in [0, 0.1) is 11.8 Å². The van der Waals surface area contributed by atoms with Crippen LogP contribution in [0.15, 0.2) is 48.5 Å². The molecule has 4 N–H and O–H groups in total. The third kappa shape index (κ3) is 4.87. The van der Waals surface area contributed by atoms with Gasteiger partial charge in [-0.3, -0.25) is 53.1 Å².